The van der Waals surface area contributed by atoms with Crippen molar-refractivity contribution in [1.29, 1.82) is 0 Å². The summed E-state index contributed by atoms with van der Waals surface area (Å²) in [6.07, 6.45) is -5.45. The van der Waals surface area contributed by atoms with Gasteiger partial charge in [0.1, 0.15) is 5.82 Å². The van der Waals surface area contributed by atoms with Crippen molar-refractivity contribution in [2.45, 2.75) is 25.6 Å². The van der Waals surface area contributed by atoms with Gasteiger partial charge in [0.25, 0.3) is 0 Å². The van der Waals surface area contributed by atoms with Crippen molar-refractivity contribution in [3.05, 3.63) is 22.2 Å². The fourth-order valence-corrected chi connectivity index (χ4v) is 1.48. The molecule has 6 nitrogen and oxygen atoms in total. The van der Waals surface area contributed by atoms with E-state index in [4.69, 9.17) is 0 Å². The van der Waals surface area contributed by atoms with Gasteiger partial charge in [-0.15, -0.1) is 0 Å². The monoisotopic (exact) mass is 278 g/mol. The topological polar surface area (TPSA) is 80.1 Å². The first kappa shape index (κ1) is 15.0. The quantitative estimate of drug-likeness (QED) is 0.639. The van der Waals surface area contributed by atoms with Gasteiger partial charge < -0.3 is 10.6 Å². The van der Waals surface area contributed by atoms with Crippen LogP contribution in [0.4, 0.5) is 30.5 Å². The maximum Gasteiger partial charge on any atom is 0.391 e. The van der Waals surface area contributed by atoms with Crippen LogP contribution in [0, 0.1) is 10.1 Å². The van der Waals surface area contributed by atoms with Gasteiger partial charge in [0.2, 0.25) is 5.82 Å². The first-order chi connectivity index (χ1) is 8.73. The molecule has 0 aliphatic rings. The first-order valence-electron chi connectivity index (χ1n) is 5.39. The van der Waals surface area contributed by atoms with E-state index in [-0.39, 0.29) is 11.5 Å². The van der Waals surface area contributed by atoms with Crippen LogP contribution in [0.1, 0.15) is 13.3 Å². The molecule has 1 unspecified atom stereocenters. The Labute approximate surface area is 107 Å². The number of alkyl halides is 3. The number of pyridine rings is 1. The van der Waals surface area contributed by atoms with Crippen molar-refractivity contribution in [2.75, 3.05) is 17.7 Å². The highest BCUT2D eigenvalue weighted by Crippen LogP contribution is 2.27. The summed E-state index contributed by atoms with van der Waals surface area (Å²) in [5.41, 5.74) is -0.368. The van der Waals surface area contributed by atoms with Crippen LogP contribution in [0.2, 0.25) is 0 Å². The molecule has 1 rings (SSSR count). The maximum atomic E-state index is 12.2. The van der Waals surface area contributed by atoms with Crippen molar-refractivity contribution in [2.24, 2.45) is 0 Å². The lowest BCUT2D eigenvalue weighted by molar-refractivity contribution is -0.384. The highest BCUT2D eigenvalue weighted by molar-refractivity contribution is 5.60. The first-order valence-corrected chi connectivity index (χ1v) is 5.39. The minimum atomic E-state index is -4.35. The predicted molar refractivity (Wildman–Crippen MR) is 64.2 cm³/mol. The van der Waals surface area contributed by atoms with Gasteiger partial charge in [0, 0.05) is 19.2 Å². The van der Waals surface area contributed by atoms with Gasteiger partial charge in [-0.3, -0.25) is 10.1 Å². The van der Waals surface area contributed by atoms with E-state index >= 15 is 0 Å². The molecular weight excluding hydrogens is 265 g/mol. The zero-order chi connectivity index (χ0) is 14.6. The Kier molecular flexibility index (Phi) is 4.52. The third kappa shape index (κ3) is 4.60. The number of rotatable bonds is 5. The molecule has 0 radical (unpaired) electrons. The molecule has 1 aromatic heterocycles. The zero-order valence-electron chi connectivity index (χ0n) is 10.3. The Hall–Kier alpha value is -2.06. The van der Waals surface area contributed by atoms with Gasteiger partial charge in [0.15, 0.2) is 0 Å². The number of nitrogens with one attached hydrogen (secondary N) is 2. The van der Waals surface area contributed by atoms with E-state index in [1.54, 1.807) is 7.05 Å². The molecule has 0 fully saturated rings. The van der Waals surface area contributed by atoms with Crippen molar-refractivity contribution in [3.8, 4) is 0 Å². The molecular formula is C10H13F3N4O2. The van der Waals surface area contributed by atoms with Gasteiger partial charge in [-0.05, 0) is 13.0 Å². The fraction of sp³-hybridized carbons (Fsp3) is 0.500. The second-order valence-electron chi connectivity index (χ2n) is 3.94. The summed E-state index contributed by atoms with van der Waals surface area (Å²) < 4.78 is 36.6. The molecule has 9 heteroatoms. The summed E-state index contributed by atoms with van der Waals surface area (Å²) in [6, 6.07) is 1.54. The van der Waals surface area contributed by atoms with Crippen LogP contribution < -0.4 is 10.6 Å². The van der Waals surface area contributed by atoms with E-state index < -0.39 is 23.6 Å². The van der Waals surface area contributed by atoms with Crippen molar-refractivity contribution in [1.82, 2.24) is 4.98 Å². The summed E-state index contributed by atoms with van der Waals surface area (Å²) >= 11 is 0. The second-order valence-corrected chi connectivity index (χ2v) is 3.94. The number of hydrogen-bond donors (Lipinski definition) is 2. The SMILES string of the molecule is CNc1ccc([N+](=O)[O-])c(NC(C)CC(F)(F)F)n1. The molecule has 106 valence electrons. The lowest BCUT2D eigenvalue weighted by atomic mass is 10.2. The molecule has 0 spiro atoms. The van der Waals surface area contributed by atoms with Gasteiger partial charge in [0.05, 0.1) is 11.3 Å². The standard InChI is InChI=1S/C10H13F3N4O2/c1-6(5-10(11,12)13)15-9-7(17(18)19)3-4-8(14-2)16-9/h3-4,6H,5H2,1-2H3,(H2,14,15,16). The average molecular weight is 278 g/mol. The summed E-state index contributed by atoms with van der Waals surface area (Å²) in [6.45, 7) is 1.28. The number of nitro groups is 1. The smallest absolute Gasteiger partial charge is 0.373 e. The lowest BCUT2D eigenvalue weighted by Gasteiger charge is -2.16. The predicted octanol–water partition coefficient (Wildman–Crippen LogP) is 2.78. The second kappa shape index (κ2) is 5.72. The van der Waals surface area contributed by atoms with E-state index in [0.29, 0.717) is 5.82 Å². The minimum absolute atomic E-state index is 0.186. The fourth-order valence-electron chi connectivity index (χ4n) is 1.48. The minimum Gasteiger partial charge on any atom is -0.373 e. The molecule has 1 heterocycles. The molecule has 0 saturated heterocycles. The Morgan fingerprint density at radius 2 is 2.11 bits per heavy atom. The zero-order valence-corrected chi connectivity index (χ0v) is 10.3. The Balaban J connectivity index is 2.94. The highest BCUT2D eigenvalue weighted by Gasteiger charge is 2.31. The third-order valence-corrected chi connectivity index (χ3v) is 2.25. The van der Waals surface area contributed by atoms with Gasteiger partial charge >= 0.3 is 11.9 Å². The van der Waals surface area contributed by atoms with Gasteiger partial charge in [-0.2, -0.15) is 13.2 Å². The molecule has 0 amide bonds. The number of aromatic nitrogens is 1. The van der Waals surface area contributed by atoms with E-state index in [2.05, 4.69) is 15.6 Å². The van der Waals surface area contributed by atoms with E-state index in [1.165, 1.54) is 19.1 Å². The normalized spacial score (nSPS) is 12.9. The number of hydrogen-bond acceptors (Lipinski definition) is 5. The Morgan fingerprint density at radius 1 is 1.47 bits per heavy atom. The largest absolute Gasteiger partial charge is 0.391 e. The summed E-state index contributed by atoms with van der Waals surface area (Å²) in [5.74, 6) is 0.140. The lowest BCUT2D eigenvalue weighted by Crippen LogP contribution is -2.24. The molecule has 1 aromatic rings. The van der Waals surface area contributed by atoms with E-state index in [9.17, 15) is 23.3 Å². The van der Waals surface area contributed by atoms with Crippen LogP contribution >= 0.6 is 0 Å². The van der Waals surface area contributed by atoms with Crippen molar-refractivity contribution < 1.29 is 18.1 Å². The molecule has 0 saturated carbocycles. The van der Waals surface area contributed by atoms with Crippen molar-refractivity contribution in [3.63, 3.8) is 0 Å². The molecule has 1 atom stereocenters. The summed E-state index contributed by atoms with van der Waals surface area (Å²) in [4.78, 5) is 13.9. The van der Waals surface area contributed by atoms with Crippen molar-refractivity contribution >= 4 is 17.3 Å². The Bertz CT molecular complexity index is 465. The Morgan fingerprint density at radius 3 is 2.58 bits per heavy atom. The van der Waals surface area contributed by atoms with Gasteiger partial charge in [-0.1, -0.05) is 0 Å². The van der Waals surface area contributed by atoms with Gasteiger partial charge in [-0.25, -0.2) is 4.98 Å². The molecule has 2 N–H and O–H groups in total. The molecule has 19 heavy (non-hydrogen) atoms. The highest BCUT2D eigenvalue weighted by atomic mass is 19.4. The van der Waals surface area contributed by atoms with Crippen LogP contribution in [0.3, 0.4) is 0 Å². The molecule has 0 aliphatic carbocycles. The number of anilines is 2. The number of halogens is 3. The summed E-state index contributed by atoms with van der Waals surface area (Å²) in [5, 5.41) is 15.8. The van der Waals surface area contributed by atoms with Crippen LogP contribution in [0.15, 0.2) is 12.1 Å². The molecule has 0 aliphatic heterocycles. The van der Waals surface area contributed by atoms with Crippen LogP contribution in [0.25, 0.3) is 0 Å². The van der Waals surface area contributed by atoms with E-state index in [1.807, 2.05) is 0 Å². The van der Waals surface area contributed by atoms with Crippen LogP contribution in [-0.4, -0.2) is 29.2 Å². The maximum absolute atomic E-state index is 12.2. The number of nitrogens with zero attached hydrogens (tertiary/aromatic N) is 2. The summed E-state index contributed by atoms with van der Waals surface area (Å²) in [7, 11) is 1.55. The average Bonchev–Trinajstić information content (AvgIpc) is 2.25. The van der Waals surface area contributed by atoms with Crippen LogP contribution in [0.5, 0.6) is 0 Å². The third-order valence-electron chi connectivity index (χ3n) is 2.25. The molecule has 0 aromatic carbocycles. The van der Waals surface area contributed by atoms with E-state index in [0.717, 1.165) is 0 Å². The van der Waals surface area contributed by atoms with Crippen LogP contribution in [-0.2, 0) is 0 Å². The molecule has 0 bridgehead atoms.